The number of benzene rings is 2. The van der Waals surface area contributed by atoms with E-state index in [1.54, 1.807) is 0 Å². The number of rotatable bonds is 36. The Morgan fingerprint density at radius 1 is 0.636 bits per heavy atom. The van der Waals surface area contributed by atoms with E-state index in [2.05, 4.69) is 58.2 Å². The quantitative estimate of drug-likeness (QED) is 0.0273. The van der Waals surface area contributed by atoms with Gasteiger partial charge in [0, 0.05) is 56.3 Å². The molecule has 77 heavy (non-hydrogen) atoms. The summed E-state index contributed by atoms with van der Waals surface area (Å²) in [4.78, 5) is 55.1. The van der Waals surface area contributed by atoms with Gasteiger partial charge in [0.2, 0.25) is 23.6 Å². The van der Waals surface area contributed by atoms with Gasteiger partial charge in [0.15, 0.2) is 5.82 Å². The van der Waals surface area contributed by atoms with E-state index in [0.29, 0.717) is 64.7 Å². The fourth-order valence-corrected chi connectivity index (χ4v) is 8.84. The number of nitrogens with zero attached hydrogens (tertiary/aromatic N) is 5. The number of aryl methyl sites for hydroxylation is 1. The molecule has 0 radical (unpaired) electrons. The van der Waals surface area contributed by atoms with Crippen LogP contribution in [0.2, 0.25) is 0 Å². The van der Waals surface area contributed by atoms with Gasteiger partial charge in [-0.2, -0.15) is 16.8 Å². The maximum Gasteiger partial charge on any atom is 0.408 e. The molecule has 0 bridgehead atoms. The van der Waals surface area contributed by atoms with Gasteiger partial charge >= 0.3 is 6.09 Å². The zero-order chi connectivity index (χ0) is 56.3. The molecule has 2 heterocycles. The van der Waals surface area contributed by atoms with E-state index in [-0.39, 0.29) is 44.1 Å². The minimum Gasteiger partial charge on any atom is -0.478 e. The number of amides is 4. The van der Waals surface area contributed by atoms with Crippen molar-refractivity contribution in [2.24, 2.45) is 0 Å². The van der Waals surface area contributed by atoms with Gasteiger partial charge in [-0.1, -0.05) is 74.5 Å². The number of pyridine rings is 1. The first-order chi connectivity index (χ1) is 36.5. The van der Waals surface area contributed by atoms with Crippen molar-refractivity contribution < 1.29 is 68.8 Å². The van der Waals surface area contributed by atoms with Crippen LogP contribution in [0, 0.1) is 0 Å². The molecule has 4 aromatic rings. The second-order valence-electron chi connectivity index (χ2n) is 19.6. The number of tetrazole rings is 1. The zero-order valence-electron chi connectivity index (χ0n) is 44.5. The summed E-state index contributed by atoms with van der Waals surface area (Å²) < 4.78 is 94.4. The Bertz CT molecular complexity index is 2620. The standard InChI is InChI=1S/C51H75N9O15S2/c1-50(2,3)75-49(64)56-43(37-77(68,69)70)47(63)55-42(36-76(65,66)67)46(62)53-25-17-28-72-31-33-73-32-30-71-27-16-24-52-44(61)22-12-14-26-60-48(57-58-59-60)51(4,5)23-13-15-29-74-45-35-40(38-18-8-6-9-19-38)34-41(54-45)39-20-10-7-11-21-39/h6-11,18-21,34-35,42-43H,12-17,22-33,36-37H2,1-5H3,(H,52,61)(H,53,62)(H,55,63)(H,56,64)(H,65,66,67)(H,68,69,70)/t42-,43-/m0/s1. The number of unbranched alkanes of at least 4 members (excludes halogenated alkanes) is 2. The number of alkyl carbamates (subject to hydrolysis) is 1. The average Bonchev–Trinajstić information content (AvgIpc) is 3.85. The summed E-state index contributed by atoms with van der Waals surface area (Å²) in [5.74, 6) is -3.65. The molecule has 4 amide bonds. The van der Waals surface area contributed by atoms with Crippen LogP contribution in [0.3, 0.4) is 0 Å². The van der Waals surface area contributed by atoms with Gasteiger partial charge in [-0.15, -0.1) is 5.10 Å². The highest BCUT2D eigenvalue weighted by Gasteiger charge is 2.33. The monoisotopic (exact) mass is 1120 g/mol. The first kappa shape index (κ1) is 63.4. The highest BCUT2D eigenvalue weighted by molar-refractivity contribution is 7.86. The lowest BCUT2D eigenvalue weighted by Gasteiger charge is -2.24. The van der Waals surface area contributed by atoms with E-state index in [4.69, 9.17) is 28.7 Å². The Kier molecular flexibility index (Phi) is 26.3. The Balaban J connectivity index is 1.01. The molecule has 0 spiro atoms. The van der Waals surface area contributed by atoms with E-state index in [1.807, 2.05) is 69.9 Å². The van der Waals surface area contributed by atoms with Crippen LogP contribution in [-0.4, -0.2) is 163 Å². The van der Waals surface area contributed by atoms with E-state index < -0.39 is 67.3 Å². The summed E-state index contributed by atoms with van der Waals surface area (Å²) in [7, 11) is -9.70. The van der Waals surface area contributed by atoms with Crippen LogP contribution in [0.1, 0.15) is 91.8 Å². The van der Waals surface area contributed by atoms with Crippen molar-refractivity contribution in [2.45, 2.75) is 116 Å². The molecule has 26 heteroatoms. The van der Waals surface area contributed by atoms with Crippen LogP contribution < -0.4 is 26.0 Å². The second-order valence-corrected chi connectivity index (χ2v) is 22.6. The topological polar surface area (TPSA) is 328 Å². The fourth-order valence-electron chi connectivity index (χ4n) is 7.53. The normalized spacial score (nSPS) is 12.8. The molecule has 0 aliphatic rings. The molecule has 6 N–H and O–H groups in total. The van der Waals surface area contributed by atoms with Crippen molar-refractivity contribution in [2.75, 3.05) is 70.8 Å². The molecule has 2 aromatic heterocycles. The molecular weight excluding hydrogens is 1040 g/mol. The third kappa shape index (κ3) is 26.2. The number of carbonyl (C=O) groups excluding carboxylic acids is 4. The number of aromatic nitrogens is 5. The predicted octanol–water partition coefficient (Wildman–Crippen LogP) is 4.32. The van der Waals surface area contributed by atoms with Crippen molar-refractivity contribution in [3.05, 3.63) is 78.6 Å². The lowest BCUT2D eigenvalue weighted by atomic mass is 9.86. The molecule has 0 saturated carbocycles. The first-order valence-corrected chi connectivity index (χ1v) is 28.7. The van der Waals surface area contributed by atoms with Gasteiger partial charge in [0.25, 0.3) is 20.2 Å². The summed E-state index contributed by atoms with van der Waals surface area (Å²) in [6.45, 7) is 12.0. The summed E-state index contributed by atoms with van der Waals surface area (Å²) in [6, 6.07) is 20.4. The maximum atomic E-state index is 12.9. The third-order valence-corrected chi connectivity index (χ3v) is 12.8. The lowest BCUT2D eigenvalue weighted by molar-refractivity contribution is -0.129. The largest absolute Gasteiger partial charge is 0.478 e. The number of carbonyl (C=O) groups is 4. The molecular formula is C51H75N9O15S2. The summed E-state index contributed by atoms with van der Waals surface area (Å²) >= 11 is 0. The SMILES string of the molecule is CC(C)(C)OC(=O)N[C@@H](CS(=O)(=O)O)C(=O)N[C@@H](CS(=O)(=O)O)C(=O)NCCCOCCOCCOCCCNC(=O)CCCCn1nnnc1C(C)(C)CCCCOc1cc(-c2ccccc2)cc(-c2ccccc2)n1. The van der Waals surface area contributed by atoms with Gasteiger partial charge in [-0.3, -0.25) is 23.5 Å². The predicted molar refractivity (Wildman–Crippen MR) is 285 cm³/mol. The van der Waals surface area contributed by atoms with Crippen molar-refractivity contribution in [3.63, 3.8) is 0 Å². The minimum atomic E-state index is -4.86. The summed E-state index contributed by atoms with van der Waals surface area (Å²) in [6.07, 6.45) is 4.02. The van der Waals surface area contributed by atoms with Gasteiger partial charge in [0.1, 0.15) is 29.2 Å². The molecule has 2 aromatic carbocycles. The van der Waals surface area contributed by atoms with Crippen LogP contribution in [0.15, 0.2) is 72.8 Å². The molecule has 2 atom stereocenters. The second kappa shape index (κ2) is 31.9. The lowest BCUT2D eigenvalue weighted by Crippen LogP contribution is -2.57. The smallest absolute Gasteiger partial charge is 0.408 e. The van der Waals surface area contributed by atoms with Crippen LogP contribution in [0.25, 0.3) is 22.4 Å². The number of nitrogens with one attached hydrogen (secondary N) is 4. The van der Waals surface area contributed by atoms with Gasteiger partial charge in [-0.05, 0) is 93.3 Å². The van der Waals surface area contributed by atoms with Gasteiger partial charge < -0.3 is 45.0 Å². The van der Waals surface area contributed by atoms with Gasteiger partial charge in [-0.25, -0.2) is 14.5 Å². The molecule has 426 valence electrons. The van der Waals surface area contributed by atoms with Gasteiger partial charge in [0.05, 0.1) is 38.7 Å². The summed E-state index contributed by atoms with van der Waals surface area (Å²) in [5.41, 5.74) is 2.70. The van der Waals surface area contributed by atoms with Crippen molar-refractivity contribution in [1.29, 1.82) is 0 Å². The number of hydrogen-bond acceptors (Lipinski definition) is 17. The molecule has 4 rings (SSSR count). The van der Waals surface area contributed by atoms with E-state index in [9.17, 15) is 45.1 Å². The van der Waals surface area contributed by atoms with Crippen LogP contribution in [-0.2, 0) is 65.5 Å². The highest BCUT2D eigenvalue weighted by atomic mass is 32.2. The van der Waals surface area contributed by atoms with E-state index in [1.165, 1.54) is 20.8 Å². The minimum absolute atomic E-state index is 0.0413. The third-order valence-electron chi connectivity index (χ3n) is 11.3. The molecule has 0 unspecified atom stereocenters. The Hall–Kier alpha value is -6.16. The van der Waals surface area contributed by atoms with E-state index in [0.717, 1.165) is 53.9 Å². The Morgan fingerprint density at radius 3 is 1.81 bits per heavy atom. The van der Waals surface area contributed by atoms with Crippen LogP contribution >= 0.6 is 0 Å². The van der Waals surface area contributed by atoms with Crippen molar-refractivity contribution in [1.82, 2.24) is 46.5 Å². The number of ether oxygens (including phenoxy) is 5. The molecule has 0 saturated heterocycles. The molecule has 24 nitrogen and oxygen atoms in total. The Labute approximate surface area is 451 Å². The van der Waals surface area contributed by atoms with Crippen LogP contribution in [0.5, 0.6) is 5.88 Å². The fraction of sp³-hybridized carbons (Fsp3) is 0.569. The Morgan fingerprint density at radius 2 is 1.21 bits per heavy atom. The molecule has 0 aliphatic heterocycles. The maximum absolute atomic E-state index is 12.9. The first-order valence-electron chi connectivity index (χ1n) is 25.5. The van der Waals surface area contributed by atoms with Crippen LogP contribution in [0.4, 0.5) is 4.79 Å². The highest BCUT2D eigenvalue weighted by Crippen LogP contribution is 2.30. The molecule has 0 fully saturated rings. The van der Waals surface area contributed by atoms with Crippen molar-refractivity contribution in [3.8, 4) is 28.3 Å². The average molecular weight is 1120 g/mol. The number of hydrogen-bond donors (Lipinski definition) is 6. The molecule has 0 aliphatic carbocycles. The zero-order valence-corrected chi connectivity index (χ0v) is 46.1. The summed E-state index contributed by atoms with van der Waals surface area (Å²) in [5, 5.41) is 21.8. The van der Waals surface area contributed by atoms with Crippen molar-refractivity contribution >= 4 is 44.1 Å². The van der Waals surface area contributed by atoms with E-state index >= 15 is 0 Å².